The summed E-state index contributed by atoms with van der Waals surface area (Å²) in [4.78, 5) is 23.3. The zero-order valence-corrected chi connectivity index (χ0v) is 21.7. The average molecular weight is 572 g/mol. The molecule has 8 nitrogen and oxygen atoms in total. The lowest BCUT2D eigenvalue weighted by Crippen LogP contribution is -2.36. The first-order valence-corrected chi connectivity index (χ1v) is 13.0. The summed E-state index contributed by atoms with van der Waals surface area (Å²) >= 11 is 7.25. The van der Waals surface area contributed by atoms with Crippen LogP contribution in [0.3, 0.4) is 0 Å². The van der Waals surface area contributed by atoms with E-state index in [4.69, 9.17) is 21.1 Å². The van der Waals surface area contributed by atoms with Crippen molar-refractivity contribution in [2.24, 2.45) is 0 Å². The van der Waals surface area contributed by atoms with Crippen LogP contribution >= 0.6 is 23.4 Å². The highest BCUT2D eigenvalue weighted by Gasteiger charge is 2.35. The van der Waals surface area contributed by atoms with E-state index in [1.54, 1.807) is 0 Å². The molecule has 1 atom stereocenters. The molecule has 1 fully saturated rings. The Bertz CT molecular complexity index is 1420. The Morgan fingerprint density at radius 2 is 2.05 bits per heavy atom. The monoisotopic (exact) mass is 571 g/mol. The molecule has 38 heavy (non-hydrogen) atoms. The summed E-state index contributed by atoms with van der Waals surface area (Å²) in [5, 5.41) is 4.57. The number of methoxy groups -OCH3 is 1. The van der Waals surface area contributed by atoms with Gasteiger partial charge in [-0.3, -0.25) is 4.79 Å². The molecular weight excluding hydrogens is 550 g/mol. The molecule has 2 aliphatic heterocycles. The third-order valence-electron chi connectivity index (χ3n) is 6.34. The van der Waals surface area contributed by atoms with Crippen LogP contribution in [0.15, 0.2) is 39.1 Å². The number of hydrogen-bond acceptors (Lipinski definition) is 8. The minimum absolute atomic E-state index is 0.00521. The minimum Gasteiger partial charge on any atom is -0.467 e. The fraction of sp³-hybridized carbons (Fsp3) is 0.417. The number of hydrogen-bond donors (Lipinski definition) is 0. The Morgan fingerprint density at radius 3 is 2.76 bits per heavy atom. The van der Waals surface area contributed by atoms with Gasteiger partial charge in [0.25, 0.3) is 5.56 Å². The van der Waals surface area contributed by atoms with Crippen LogP contribution in [0.5, 0.6) is 6.01 Å². The summed E-state index contributed by atoms with van der Waals surface area (Å²) in [5.41, 5.74) is 0.00899. The van der Waals surface area contributed by atoms with Crippen LogP contribution in [0, 0.1) is 5.82 Å². The van der Waals surface area contributed by atoms with E-state index in [2.05, 4.69) is 15.1 Å². The zero-order valence-electron chi connectivity index (χ0n) is 20.1. The molecule has 0 aliphatic carbocycles. The molecule has 3 aromatic rings. The lowest BCUT2D eigenvalue weighted by Gasteiger charge is -2.31. The number of ether oxygens (including phenoxy) is 2. The zero-order chi connectivity index (χ0) is 27.0. The maximum absolute atomic E-state index is 13.6. The maximum Gasteiger partial charge on any atom is 0.417 e. The number of alkyl halides is 3. The van der Waals surface area contributed by atoms with Crippen molar-refractivity contribution in [2.45, 2.75) is 54.6 Å². The van der Waals surface area contributed by atoms with E-state index in [9.17, 15) is 22.4 Å². The molecule has 4 heterocycles. The van der Waals surface area contributed by atoms with Gasteiger partial charge in [-0.25, -0.2) is 4.39 Å². The molecule has 1 saturated heterocycles. The van der Waals surface area contributed by atoms with Crippen LogP contribution < -0.4 is 15.2 Å². The quantitative estimate of drug-likeness (QED) is 0.303. The first-order chi connectivity index (χ1) is 18.2. The Balaban J connectivity index is 1.46. The van der Waals surface area contributed by atoms with Gasteiger partial charge in [0, 0.05) is 23.6 Å². The van der Waals surface area contributed by atoms with Crippen LogP contribution in [0.2, 0.25) is 5.02 Å². The van der Waals surface area contributed by atoms with E-state index in [0.717, 1.165) is 36.7 Å². The average Bonchev–Trinajstić information content (AvgIpc) is 2.90. The number of rotatable bonds is 5. The second-order valence-electron chi connectivity index (χ2n) is 8.77. The molecule has 2 aliphatic rings. The van der Waals surface area contributed by atoms with Crippen LogP contribution in [0.1, 0.15) is 42.3 Å². The van der Waals surface area contributed by atoms with E-state index in [1.807, 2.05) is 4.90 Å². The number of halogens is 5. The molecule has 14 heteroatoms. The van der Waals surface area contributed by atoms with Gasteiger partial charge in [0.05, 0.1) is 36.8 Å². The topological polar surface area (TPSA) is 82.4 Å². The van der Waals surface area contributed by atoms with Gasteiger partial charge < -0.3 is 14.4 Å². The van der Waals surface area contributed by atoms with Gasteiger partial charge >= 0.3 is 12.2 Å². The fourth-order valence-electron chi connectivity index (χ4n) is 4.45. The molecule has 2 aromatic heterocycles. The van der Waals surface area contributed by atoms with E-state index in [1.165, 1.54) is 18.0 Å². The predicted octanol–water partition coefficient (Wildman–Crippen LogP) is 5.27. The molecular formula is C24H22ClF4N5O3S. The molecule has 0 amide bonds. The number of anilines is 1. The summed E-state index contributed by atoms with van der Waals surface area (Å²) in [5.74, 6) is -0.984. The van der Waals surface area contributed by atoms with E-state index < -0.39 is 29.3 Å². The Hall–Kier alpha value is -2.90. The summed E-state index contributed by atoms with van der Waals surface area (Å²) in [6.45, 7) is 1.13. The number of benzene rings is 1. The van der Waals surface area contributed by atoms with Crippen LogP contribution in [-0.4, -0.2) is 40.0 Å². The van der Waals surface area contributed by atoms with Crippen LogP contribution in [0.25, 0.3) is 0 Å². The van der Waals surface area contributed by atoms with Gasteiger partial charge in [0.1, 0.15) is 15.9 Å². The minimum atomic E-state index is -4.75. The first kappa shape index (κ1) is 26.7. The lowest BCUT2D eigenvalue weighted by atomic mass is 10.1. The third kappa shape index (κ3) is 5.32. The molecule has 0 saturated carbocycles. The van der Waals surface area contributed by atoms with Crippen molar-refractivity contribution in [2.75, 3.05) is 25.2 Å². The summed E-state index contributed by atoms with van der Waals surface area (Å²) in [6.07, 6.45) is -0.828. The molecule has 0 N–H and O–H groups in total. The molecule has 0 bridgehead atoms. The molecule has 0 spiro atoms. The van der Waals surface area contributed by atoms with E-state index >= 15 is 0 Å². The van der Waals surface area contributed by atoms with E-state index in [-0.39, 0.29) is 27.5 Å². The van der Waals surface area contributed by atoms with Gasteiger partial charge in [-0.15, -0.1) is 0 Å². The Morgan fingerprint density at radius 1 is 1.24 bits per heavy atom. The van der Waals surface area contributed by atoms with Crippen molar-refractivity contribution in [3.8, 4) is 6.01 Å². The van der Waals surface area contributed by atoms with Crippen molar-refractivity contribution in [3.63, 3.8) is 0 Å². The molecule has 0 radical (unpaired) electrons. The highest BCUT2D eigenvalue weighted by atomic mass is 35.5. The Labute approximate surface area is 223 Å². The fourth-order valence-corrected chi connectivity index (χ4v) is 5.80. The molecule has 202 valence electrons. The van der Waals surface area contributed by atoms with Gasteiger partial charge in [-0.2, -0.15) is 32.9 Å². The first-order valence-electron chi connectivity index (χ1n) is 11.8. The molecule has 1 aromatic carbocycles. The lowest BCUT2D eigenvalue weighted by molar-refractivity contribution is -0.139. The van der Waals surface area contributed by atoms with Crippen molar-refractivity contribution in [3.05, 3.63) is 62.4 Å². The van der Waals surface area contributed by atoms with Crippen molar-refractivity contribution in [1.29, 1.82) is 0 Å². The smallest absolute Gasteiger partial charge is 0.417 e. The molecule has 5 rings (SSSR count). The summed E-state index contributed by atoms with van der Waals surface area (Å²) in [7, 11) is 1.35. The second-order valence-corrected chi connectivity index (χ2v) is 10.2. The number of aromatic nitrogens is 4. The highest BCUT2D eigenvalue weighted by Crippen LogP contribution is 2.42. The largest absolute Gasteiger partial charge is 0.467 e. The predicted molar refractivity (Wildman–Crippen MR) is 131 cm³/mol. The van der Waals surface area contributed by atoms with Crippen molar-refractivity contribution in [1.82, 2.24) is 19.7 Å². The normalized spacial score (nSPS) is 17.8. The van der Waals surface area contributed by atoms with Crippen molar-refractivity contribution >= 4 is 29.1 Å². The summed E-state index contributed by atoms with van der Waals surface area (Å²) in [6, 6.07) is 2.48. The third-order valence-corrected chi connectivity index (χ3v) is 7.80. The maximum atomic E-state index is 13.6. The van der Waals surface area contributed by atoms with Gasteiger partial charge in [-0.1, -0.05) is 23.4 Å². The van der Waals surface area contributed by atoms with Gasteiger partial charge in [0.2, 0.25) is 0 Å². The van der Waals surface area contributed by atoms with Crippen molar-refractivity contribution < 1.29 is 27.0 Å². The summed E-state index contributed by atoms with van der Waals surface area (Å²) < 4.78 is 66.4. The van der Waals surface area contributed by atoms with Crippen LogP contribution in [-0.2, 0) is 23.9 Å². The highest BCUT2D eigenvalue weighted by molar-refractivity contribution is 7.99. The SMILES string of the molecule is COc1nc2c(c(Sc3ccc(F)cc3C(F)(F)F)n1)CCN(c1cnn(C3CCCCO3)c(=O)c1Cl)C2. The molecule has 1 unspecified atom stereocenters. The number of nitrogens with zero attached hydrogens (tertiary/aromatic N) is 5. The second kappa shape index (κ2) is 10.7. The van der Waals surface area contributed by atoms with Gasteiger partial charge in [-0.05, 0) is 43.9 Å². The standard InChI is InChI=1S/C24H22ClF4N5O3S/c1-36-23-31-16-12-33(17-11-30-34(22(35)20(17)25)19-4-2-3-9-37-19)8-7-14(16)21(32-23)38-18-6-5-13(26)10-15(18)24(27,28)29/h5-6,10-11,19H,2-4,7-9,12H2,1H3. The Kier molecular flexibility index (Phi) is 7.51. The van der Waals surface area contributed by atoms with Crippen LogP contribution in [0.4, 0.5) is 23.2 Å². The van der Waals surface area contributed by atoms with Gasteiger partial charge in [0.15, 0.2) is 6.23 Å². The van der Waals surface area contributed by atoms with E-state index in [0.29, 0.717) is 49.0 Å². The number of fused-ring (bicyclic) bond motifs is 1.